The van der Waals surface area contributed by atoms with E-state index in [1.165, 1.54) is 17.7 Å². The number of hydrogen-bond acceptors (Lipinski definition) is 6. The number of fused-ring (bicyclic) bond motifs is 1. The molecule has 1 atom stereocenters. The average molecular weight is 535 g/mol. The zero-order valence-electron chi connectivity index (χ0n) is 22.0. The topological polar surface area (TPSA) is 105 Å². The summed E-state index contributed by atoms with van der Waals surface area (Å²) >= 11 is 0. The molecule has 4 heterocycles. The first kappa shape index (κ1) is 26.2. The molecule has 0 fully saturated rings. The quantitative estimate of drug-likeness (QED) is 0.380. The van der Waals surface area contributed by atoms with Crippen LogP contribution in [0.15, 0.2) is 47.5 Å². The molecule has 4 aromatic rings. The maximum absolute atomic E-state index is 14.8. The van der Waals surface area contributed by atoms with E-state index in [-0.39, 0.29) is 17.4 Å². The highest BCUT2D eigenvalue weighted by Crippen LogP contribution is 2.34. The highest BCUT2D eigenvalue weighted by molar-refractivity contribution is 5.89. The number of carboxylic acid groups (broad SMARTS) is 1. The third-order valence-electron chi connectivity index (χ3n) is 7.39. The van der Waals surface area contributed by atoms with Crippen molar-refractivity contribution >= 4 is 28.4 Å². The molecule has 11 heteroatoms. The maximum atomic E-state index is 14.8. The van der Waals surface area contributed by atoms with E-state index in [4.69, 9.17) is 0 Å². The van der Waals surface area contributed by atoms with Gasteiger partial charge < -0.3 is 15.0 Å². The van der Waals surface area contributed by atoms with Crippen molar-refractivity contribution in [1.29, 1.82) is 0 Å². The summed E-state index contributed by atoms with van der Waals surface area (Å²) < 4.78 is 32.4. The lowest BCUT2D eigenvalue weighted by Crippen LogP contribution is -2.32. The summed E-state index contributed by atoms with van der Waals surface area (Å²) in [6.07, 6.45) is 5.27. The van der Waals surface area contributed by atoms with Gasteiger partial charge in [-0.05, 0) is 55.7 Å². The van der Waals surface area contributed by atoms with Crippen molar-refractivity contribution in [3.63, 3.8) is 0 Å². The first-order chi connectivity index (χ1) is 18.6. The van der Waals surface area contributed by atoms with Gasteiger partial charge in [-0.25, -0.2) is 23.4 Å². The molecule has 39 heavy (non-hydrogen) atoms. The Hall–Kier alpha value is -4.38. The van der Waals surface area contributed by atoms with Gasteiger partial charge >= 0.3 is 11.7 Å². The van der Waals surface area contributed by atoms with Crippen LogP contribution in [0.2, 0.25) is 0 Å². The number of aromatic carboxylic acids is 1. The Morgan fingerprint density at radius 1 is 1.21 bits per heavy atom. The van der Waals surface area contributed by atoms with Crippen LogP contribution in [0.1, 0.15) is 46.6 Å². The number of hydrogen-bond donors (Lipinski definition) is 2. The van der Waals surface area contributed by atoms with Gasteiger partial charge in [-0.3, -0.25) is 9.47 Å². The van der Waals surface area contributed by atoms with E-state index >= 15 is 0 Å². The van der Waals surface area contributed by atoms with Crippen LogP contribution >= 0.6 is 0 Å². The number of carboxylic acids is 1. The second-order valence-corrected chi connectivity index (χ2v) is 9.64. The fourth-order valence-electron chi connectivity index (χ4n) is 5.34. The van der Waals surface area contributed by atoms with Gasteiger partial charge in [0.25, 0.3) is 0 Å². The highest BCUT2D eigenvalue weighted by Gasteiger charge is 2.25. The van der Waals surface area contributed by atoms with Crippen molar-refractivity contribution in [1.82, 2.24) is 24.0 Å². The second-order valence-electron chi connectivity index (χ2n) is 9.64. The summed E-state index contributed by atoms with van der Waals surface area (Å²) in [6.45, 7) is 5.02. The predicted octanol–water partition coefficient (Wildman–Crippen LogP) is 4.30. The van der Waals surface area contributed by atoms with Gasteiger partial charge in [0.1, 0.15) is 11.5 Å². The van der Waals surface area contributed by atoms with Crippen LogP contribution in [-0.2, 0) is 7.05 Å². The van der Waals surface area contributed by atoms with Crippen molar-refractivity contribution in [2.45, 2.75) is 26.3 Å². The summed E-state index contributed by atoms with van der Waals surface area (Å²) in [4.78, 5) is 34.5. The van der Waals surface area contributed by atoms with Crippen molar-refractivity contribution in [3.8, 4) is 5.69 Å². The minimum absolute atomic E-state index is 0.0477. The lowest BCUT2D eigenvalue weighted by atomic mass is 9.93. The summed E-state index contributed by atoms with van der Waals surface area (Å²) in [7, 11) is 3.39. The third-order valence-corrected chi connectivity index (χ3v) is 7.39. The molecule has 0 spiro atoms. The standard InChI is InChI=1S/C28H28F2N6O3/c1-15-11-18(27(37)38)12-20(29)24(15)17-6-9-35(10-7-17)16(2)23-13-19-22(5-8-32-26(19)34(23)4)36-14-21(30)25(31-3)33-28(36)39/h5-6,8,11-14,16H,7,9-10H2,1-4H3,(H,37,38)(H,31,33,39)/t16-/m0/s1. The first-order valence-corrected chi connectivity index (χ1v) is 12.5. The number of aryl methyl sites for hydroxylation is 2. The molecule has 5 rings (SSSR count). The highest BCUT2D eigenvalue weighted by atomic mass is 19.1. The van der Waals surface area contributed by atoms with Crippen molar-refractivity contribution in [2.75, 3.05) is 25.5 Å². The molecule has 1 aromatic carbocycles. The Labute approximate surface area is 223 Å². The minimum Gasteiger partial charge on any atom is -0.478 e. The Kier molecular flexibility index (Phi) is 6.77. The Balaban J connectivity index is 1.46. The van der Waals surface area contributed by atoms with Crippen LogP contribution in [0.3, 0.4) is 0 Å². The van der Waals surface area contributed by atoms with Gasteiger partial charge in [-0.15, -0.1) is 0 Å². The number of carbonyl (C=O) groups is 1. The normalized spacial score (nSPS) is 14.9. The largest absolute Gasteiger partial charge is 0.478 e. The van der Waals surface area contributed by atoms with Gasteiger partial charge in [0.15, 0.2) is 11.6 Å². The van der Waals surface area contributed by atoms with E-state index in [0.29, 0.717) is 47.4 Å². The van der Waals surface area contributed by atoms with E-state index in [0.717, 1.165) is 23.5 Å². The molecule has 0 amide bonds. The molecular weight excluding hydrogens is 506 g/mol. The Morgan fingerprint density at radius 3 is 2.62 bits per heavy atom. The van der Waals surface area contributed by atoms with Gasteiger partial charge in [0, 0.05) is 56.1 Å². The number of nitrogens with one attached hydrogen (secondary N) is 1. The van der Waals surface area contributed by atoms with Crippen molar-refractivity contribution in [2.24, 2.45) is 7.05 Å². The predicted molar refractivity (Wildman–Crippen MR) is 144 cm³/mol. The van der Waals surface area contributed by atoms with Crippen LogP contribution in [0.4, 0.5) is 14.6 Å². The van der Waals surface area contributed by atoms with Crippen molar-refractivity contribution in [3.05, 3.63) is 87.2 Å². The van der Waals surface area contributed by atoms with Crippen LogP contribution in [0, 0.1) is 18.6 Å². The number of aromatic nitrogens is 4. The minimum atomic E-state index is -1.16. The van der Waals surface area contributed by atoms with E-state index in [1.807, 2.05) is 23.8 Å². The van der Waals surface area contributed by atoms with E-state index in [2.05, 4.69) is 27.1 Å². The molecule has 2 N–H and O–H groups in total. The molecule has 0 saturated carbocycles. The van der Waals surface area contributed by atoms with Gasteiger partial charge in [-0.1, -0.05) is 6.08 Å². The summed E-state index contributed by atoms with van der Waals surface area (Å²) in [6, 6.07) is 6.12. The molecule has 0 aliphatic carbocycles. The lowest BCUT2D eigenvalue weighted by Gasteiger charge is -2.32. The summed E-state index contributed by atoms with van der Waals surface area (Å²) in [5.74, 6) is -2.45. The molecule has 0 unspecified atom stereocenters. The molecule has 1 aliphatic heterocycles. The molecule has 0 radical (unpaired) electrons. The fraction of sp³-hybridized carbons (Fsp3) is 0.286. The smallest absolute Gasteiger partial charge is 0.354 e. The zero-order chi connectivity index (χ0) is 28.0. The first-order valence-electron chi connectivity index (χ1n) is 12.5. The van der Waals surface area contributed by atoms with Gasteiger partial charge in [-0.2, -0.15) is 4.98 Å². The summed E-state index contributed by atoms with van der Waals surface area (Å²) in [5.41, 5.74) is 3.29. The number of anilines is 1. The van der Waals surface area contributed by atoms with Crippen LogP contribution in [-0.4, -0.2) is 55.2 Å². The van der Waals surface area contributed by atoms with E-state index < -0.39 is 23.3 Å². The van der Waals surface area contributed by atoms with Gasteiger partial charge in [0.2, 0.25) is 0 Å². The molecule has 0 bridgehead atoms. The SMILES string of the molecule is CNc1nc(=O)n(-c2ccnc3c2cc([C@H](C)N2CC=C(c4c(C)cc(C(=O)O)cc4F)CC2)n3C)cc1F. The maximum Gasteiger partial charge on any atom is 0.354 e. The Bertz CT molecular complexity index is 1680. The average Bonchev–Trinajstić information content (AvgIpc) is 3.25. The number of pyridine rings is 1. The molecular formula is C28H28F2N6O3. The fourth-order valence-corrected chi connectivity index (χ4v) is 5.34. The van der Waals surface area contributed by atoms with Gasteiger partial charge in [0.05, 0.1) is 17.4 Å². The number of rotatable bonds is 6. The monoisotopic (exact) mass is 534 g/mol. The number of nitrogens with zero attached hydrogens (tertiary/aromatic N) is 5. The van der Waals surface area contributed by atoms with Crippen molar-refractivity contribution < 1.29 is 18.7 Å². The zero-order valence-corrected chi connectivity index (χ0v) is 22.0. The molecule has 9 nitrogen and oxygen atoms in total. The Morgan fingerprint density at radius 2 is 1.97 bits per heavy atom. The molecule has 0 saturated heterocycles. The molecule has 202 valence electrons. The van der Waals surface area contributed by atoms with Crippen LogP contribution < -0.4 is 11.0 Å². The number of halogens is 2. The van der Waals surface area contributed by atoms with Crippen LogP contribution in [0.25, 0.3) is 22.3 Å². The second kappa shape index (κ2) is 10.1. The molecule has 1 aliphatic rings. The van der Waals surface area contributed by atoms with E-state index in [1.54, 1.807) is 19.2 Å². The third kappa shape index (κ3) is 4.59. The lowest BCUT2D eigenvalue weighted by molar-refractivity contribution is 0.0696. The summed E-state index contributed by atoms with van der Waals surface area (Å²) in [5, 5.41) is 12.5. The number of benzene rings is 1. The van der Waals surface area contributed by atoms with Crippen LogP contribution in [0.5, 0.6) is 0 Å². The molecule has 3 aromatic heterocycles. The van der Waals surface area contributed by atoms with E-state index in [9.17, 15) is 23.5 Å².